The van der Waals surface area contributed by atoms with Gasteiger partial charge in [0.1, 0.15) is 5.82 Å². The van der Waals surface area contributed by atoms with Gasteiger partial charge in [0, 0.05) is 21.2 Å². The molecule has 0 bridgehead atoms. The van der Waals surface area contributed by atoms with Crippen molar-refractivity contribution in [2.45, 2.75) is 17.4 Å². The molecule has 0 amide bonds. The van der Waals surface area contributed by atoms with Crippen LogP contribution < -0.4 is 5.73 Å². The Bertz CT molecular complexity index is 530. The lowest BCUT2D eigenvalue weighted by molar-refractivity contribution is 0.626. The van der Waals surface area contributed by atoms with Crippen LogP contribution in [0.1, 0.15) is 5.56 Å². The molecule has 0 aliphatic heterocycles. The molecule has 100 valence electrons. The van der Waals surface area contributed by atoms with Crippen molar-refractivity contribution in [1.29, 1.82) is 0 Å². The molecule has 0 aliphatic rings. The second-order valence-corrected chi connectivity index (χ2v) is 6.37. The van der Waals surface area contributed by atoms with Gasteiger partial charge in [-0.15, -0.1) is 11.8 Å². The summed E-state index contributed by atoms with van der Waals surface area (Å²) in [6.45, 7) is 0. The van der Waals surface area contributed by atoms with Crippen molar-refractivity contribution in [3.8, 4) is 0 Å². The average molecular weight is 340 g/mol. The van der Waals surface area contributed by atoms with E-state index in [9.17, 15) is 4.39 Å². The summed E-state index contributed by atoms with van der Waals surface area (Å²) in [7, 11) is 0. The maximum atomic E-state index is 12.8. The van der Waals surface area contributed by atoms with Crippen LogP contribution in [0.4, 0.5) is 4.39 Å². The minimum absolute atomic E-state index is 0.0874. The van der Waals surface area contributed by atoms with E-state index in [0.717, 1.165) is 21.5 Å². The Morgan fingerprint density at radius 2 is 1.89 bits per heavy atom. The van der Waals surface area contributed by atoms with Gasteiger partial charge in [0.05, 0.1) is 0 Å². The molecule has 2 N–H and O–H groups in total. The largest absolute Gasteiger partial charge is 0.327 e. The molecule has 1 atom stereocenters. The van der Waals surface area contributed by atoms with E-state index in [0.29, 0.717) is 0 Å². The van der Waals surface area contributed by atoms with Gasteiger partial charge in [0.2, 0.25) is 0 Å². The summed E-state index contributed by atoms with van der Waals surface area (Å²) < 4.78 is 13.8. The monoisotopic (exact) mass is 339 g/mol. The molecule has 0 aliphatic carbocycles. The van der Waals surface area contributed by atoms with E-state index in [1.807, 2.05) is 12.1 Å². The van der Waals surface area contributed by atoms with Crippen molar-refractivity contribution in [3.05, 3.63) is 64.4 Å². The summed E-state index contributed by atoms with van der Waals surface area (Å²) in [4.78, 5) is 1.05. The number of halogens is 2. The predicted octanol–water partition coefficient (Wildman–Crippen LogP) is 4.25. The standard InChI is InChI=1S/C15H15BrFNS/c16-12-3-1-2-11(8-12)9-14(18)10-19-15-6-4-13(17)5-7-15/h1-8,14H,9-10,18H2. The molecule has 0 heterocycles. The Labute approximate surface area is 125 Å². The van der Waals surface area contributed by atoms with Crippen LogP contribution in [0.2, 0.25) is 0 Å². The van der Waals surface area contributed by atoms with Gasteiger partial charge in [-0.3, -0.25) is 0 Å². The Morgan fingerprint density at radius 3 is 2.58 bits per heavy atom. The fraction of sp³-hybridized carbons (Fsp3) is 0.200. The fourth-order valence-corrected chi connectivity index (χ4v) is 3.06. The lowest BCUT2D eigenvalue weighted by Crippen LogP contribution is -2.25. The van der Waals surface area contributed by atoms with E-state index in [1.54, 1.807) is 23.9 Å². The highest BCUT2D eigenvalue weighted by molar-refractivity contribution is 9.10. The number of hydrogen-bond donors (Lipinski definition) is 1. The van der Waals surface area contributed by atoms with E-state index in [1.165, 1.54) is 17.7 Å². The fourth-order valence-electron chi connectivity index (χ4n) is 1.76. The van der Waals surface area contributed by atoms with E-state index < -0.39 is 0 Å². The molecule has 2 aromatic carbocycles. The van der Waals surface area contributed by atoms with Gasteiger partial charge < -0.3 is 5.73 Å². The van der Waals surface area contributed by atoms with Crippen LogP contribution in [0.3, 0.4) is 0 Å². The van der Waals surface area contributed by atoms with Gasteiger partial charge in [-0.25, -0.2) is 4.39 Å². The van der Waals surface area contributed by atoms with Crippen molar-refractivity contribution < 1.29 is 4.39 Å². The first kappa shape index (κ1) is 14.6. The smallest absolute Gasteiger partial charge is 0.123 e. The highest BCUT2D eigenvalue weighted by atomic mass is 79.9. The van der Waals surface area contributed by atoms with Gasteiger partial charge in [0.25, 0.3) is 0 Å². The van der Waals surface area contributed by atoms with Crippen LogP contribution in [-0.2, 0) is 6.42 Å². The Hall–Kier alpha value is -0.840. The van der Waals surface area contributed by atoms with Crippen LogP contribution in [0, 0.1) is 5.82 Å². The van der Waals surface area contributed by atoms with Crippen LogP contribution in [0.15, 0.2) is 57.9 Å². The number of thioether (sulfide) groups is 1. The molecule has 0 aromatic heterocycles. The predicted molar refractivity (Wildman–Crippen MR) is 82.9 cm³/mol. The molecule has 0 radical (unpaired) electrons. The number of benzene rings is 2. The zero-order chi connectivity index (χ0) is 13.7. The number of nitrogens with two attached hydrogens (primary N) is 1. The summed E-state index contributed by atoms with van der Waals surface area (Å²) in [5.74, 6) is 0.612. The van der Waals surface area contributed by atoms with Gasteiger partial charge in [0.15, 0.2) is 0 Å². The third-order valence-electron chi connectivity index (χ3n) is 2.66. The first-order valence-electron chi connectivity index (χ1n) is 6.02. The van der Waals surface area contributed by atoms with E-state index >= 15 is 0 Å². The Balaban J connectivity index is 1.84. The molecule has 0 saturated carbocycles. The quantitative estimate of drug-likeness (QED) is 0.824. The normalized spacial score (nSPS) is 12.4. The van der Waals surface area contributed by atoms with E-state index in [-0.39, 0.29) is 11.9 Å². The summed E-state index contributed by atoms with van der Waals surface area (Å²) in [6.07, 6.45) is 0.841. The summed E-state index contributed by atoms with van der Waals surface area (Å²) >= 11 is 5.11. The summed E-state index contributed by atoms with van der Waals surface area (Å²) in [5.41, 5.74) is 7.35. The maximum absolute atomic E-state index is 12.8. The van der Waals surface area contributed by atoms with E-state index in [4.69, 9.17) is 5.73 Å². The highest BCUT2D eigenvalue weighted by Crippen LogP contribution is 2.20. The van der Waals surface area contributed by atoms with Crippen molar-refractivity contribution in [2.75, 3.05) is 5.75 Å². The van der Waals surface area contributed by atoms with E-state index in [2.05, 4.69) is 28.1 Å². The molecular weight excluding hydrogens is 325 g/mol. The van der Waals surface area contributed by atoms with Crippen LogP contribution >= 0.6 is 27.7 Å². The maximum Gasteiger partial charge on any atom is 0.123 e. The van der Waals surface area contributed by atoms with Crippen LogP contribution in [0.25, 0.3) is 0 Å². The molecule has 0 spiro atoms. The Morgan fingerprint density at radius 1 is 1.16 bits per heavy atom. The average Bonchev–Trinajstić information content (AvgIpc) is 2.38. The zero-order valence-electron chi connectivity index (χ0n) is 10.4. The lowest BCUT2D eigenvalue weighted by atomic mass is 10.1. The minimum atomic E-state index is -0.206. The molecule has 0 fully saturated rings. The molecule has 2 aromatic rings. The molecule has 1 unspecified atom stereocenters. The minimum Gasteiger partial charge on any atom is -0.327 e. The topological polar surface area (TPSA) is 26.0 Å². The van der Waals surface area contributed by atoms with Gasteiger partial charge in [-0.1, -0.05) is 28.1 Å². The molecular formula is C15H15BrFNS. The number of hydrogen-bond acceptors (Lipinski definition) is 2. The molecule has 4 heteroatoms. The summed E-state index contributed by atoms with van der Waals surface area (Å²) in [6, 6.07) is 14.8. The highest BCUT2D eigenvalue weighted by Gasteiger charge is 2.06. The van der Waals surface area contributed by atoms with Crippen molar-refractivity contribution >= 4 is 27.7 Å². The molecule has 19 heavy (non-hydrogen) atoms. The lowest BCUT2D eigenvalue weighted by Gasteiger charge is -2.11. The Kier molecular flexibility index (Phi) is 5.43. The molecule has 0 saturated heterocycles. The first-order valence-corrected chi connectivity index (χ1v) is 7.80. The SMILES string of the molecule is NC(CSc1ccc(F)cc1)Cc1cccc(Br)c1. The third kappa shape index (κ3) is 4.97. The van der Waals surface area contributed by atoms with Crippen molar-refractivity contribution in [3.63, 3.8) is 0 Å². The van der Waals surface area contributed by atoms with Crippen molar-refractivity contribution in [1.82, 2.24) is 0 Å². The second-order valence-electron chi connectivity index (χ2n) is 4.36. The number of rotatable bonds is 5. The second kappa shape index (κ2) is 7.08. The molecule has 1 nitrogen and oxygen atoms in total. The van der Waals surface area contributed by atoms with Crippen molar-refractivity contribution in [2.24, 2.45) is 5.73 Å². The summed E-state index contributed by atoms with van der Waals surface area (Å²) in [5, 5.41) is 0. The van der Waals surface area contributed by atoms with Crippen LogP contribution in [0.5, 0.6) is 0 Å². The zero-order valence-corrected chi connectivity index (χ0v) is 12.8. The third-order valence-corrected chi connectivity index (χ3v) is 4.36. The molecule has 2 rings (SSSR count). The van der Waals surface area contributed by atoms with Crippen LogP contribution in [-0.4, -0.2) is 11.8 Å². The van der Waals surface area contributed by atoms with Gasteiger partial charge >= 0.3 is 0 Å². The van der Waals surface area contributed by atoms with Gasteiger partial charge in [-0.05, 0) is 48.4 Å². The van der Waals surface area contributed by atoms with Gasteiger partial charge in [-0.2, -0.15) is 0 Å². The first-order chi connectivity index (χ1) is 9.13.